The molecular weight excluding hydrogens is 258 g/mol. The van der Waals surface area contributed by atoms with Gasteiger partial charge in [0.1, 0.15) is 6.10 Å². The highest BCUT2D eigenvalue weighted by molar-refractivity contribution is 5.46. The average molecular weight is 287 g/mol. The van der Waals surface area contributed by atoms with Crippen LogP contribution in [0, 0.1) is 0 Å². The predicted octanol–water partition coefficient (Wildman–Crippen LogP) is 4.24. The van der Waals surface area contributed by atoms with Gasteiger partial charge in [0, 0.05) is 0 Å². The third-order valence-electron chi connectivity index (χ3n) is 5.44. The molecule has 2 heteroatoms. The highest BCUT2D eigenvalue weighted by Crippen LogP contribution is 2.49. The number of allylic oxidation sites excluding steroid dienone is 2. The first-order valence-electron chi connectivity index (χ1n) is 8.77. The first-order chi connectivity index (χ1) is 10.3. The highest BCUT2D eigenvalue weighted by atomic mass is 16.5. The Kier molecular flexibility index (Phi) is 4.66. The lowest BCUT2D eigenvalue weighted by Gasteiger charge is -2.37. The summed E-state index contributed by atoms with van der Waals surface area (Å²) in [5.74, 6) is 0. The quantitative estimate of drug-likeness (QED) is 0.724. The van der Waals surface area contributed by atoms with Crippen LogP contribution in [0.25, 0.3) is 0 Å². The Hall–Kier alpha value is -0.860. The first kappa shape index (κ1) is 15.1. The van der Waals surface area contributed by atoms with E-state index in [1.807, 2.05) is 0 Å². The zero-order valence-electron chi connectivity index (χ0n) is 13.6. The molecule has 2 nitrogen and oxygen atoms in total. The van der Waals surface area contributed by atoms with E-state index in [-0.39, 0.29) is 11.7 Å². The molecule has 0 amide bonds. The van der Waals surface area contributed by atoms with Crippen molar-refractivity contribution in [3.05, 3.63) is 35.5 Å². The second-order valence-electron chi connectivity index (χ2n) is 6.55. The second kappa shape index (κ2) is 6.50. The Balaban J connectivity index is 1.71. The lowest BCUT2D eigenvalue weighted by Crippen LogP contribution is -2.36. The molecule has 2 aliphatic carbocycles. The van der Waals surface area contributed by atoms with Crippen molar-refractivity contribution in [2.24, 2.45) is 0 Å². The molecule has 1 fully saturated rings. The molecule has 21 heavy (non-hydrogen) atoms. The van der Waals surface area contributed by atoms with Gasteiger partial charge in [-0.2, -0.15) is 0 Å². The van der Waals surface area contributed by atoms with Gasteiger partial charge in [0.25, 0.3) is 0 Å². The van der Waals surface area contributed by atoms with Crippen LogP contribution in [-0.2, 0) is 4.74 Å². The maximum Gasteiger partial charge on any atom is 0.102 e. The molecule has 2 atom stereocenters. The highest BCUT2D eigenvalue weighted by Gasteiger charge is 2.46. The van der Waals surface area contributed by atoms with Crippen LogP contribution in [0.1, 0.15) is 52.4 Å². The average Bonchev–Trinajstić information content (AvgIpc) is 2.86. The third kappa shape index (κ3) is 2.89. The maximum absolute atomic E-state index is 6.58. The molecule has 2 unspecified atom stereocenters. The van der Waals surface area contributed by atoms with Gasteiger partial charge in [-0.25, -0.2) is 0 Å². The molecule has 3 rings (SSSR count). The summed E-state index contributed by atoms with van der Waals surface area (Å²) in [6.07, 6.45) is 16.6. The molecule has 0 spiro atoms. The van der Waals surface area contributed by atoms with E-state index < -0.39 is 0 Å². The van der Waals surface area contributed by atoms with E-state index in [9.17, 15) is 0 Å². The normalized spacial score (nSPS) is 30.9. The number of hydrogen-bond donors (Lipinski definition) is 0. The van der Waals surface area contributed by atoms with Crippen LogP contribution in [0.3, 0.4) is 0 Å². The zero-order valence-corrected chi connectivity index (χ0v) is 13.6. The topological polar surface area (TPSA) is 12.5 Å². The standard InChI is InChI=1S/C19H29NO/c1-3-20(4-2)15-9-14-19-13-8-7-11-17(19)16-10-5-6-12-18(16)21-19/h5-6,10,12,18H,3-4,7-9,11,13-15H2,1-2H3. The van der Waals surface area contributed by atoms with Gasteiger partial charge in [-0.1, -0.05) is 38.2 Å². The first-order valence-corrected chi connectivity index (χ1v) is 8.77. The van der Waals surface area contributed by atoms with Crippen LogP contribution in [0.5, 0.6) is 0 Å². The fourth-order valence-corrected chi connectivity index (χ4v) is 4.23. The van der Waals surface area contributed by atoms with E-state index in [1.165, 1.54) is 50.6 Å². The summed E-state index contributed by atoms with van der Waals surface area (Å²) >= 11 is 0. The summed E-state index contributed by atoms with van der Waals surface area (Å²) in [4.78, 5) is 2.52. The summed E-state index contributed by atoms with van der Waals surface area (Å²) < 4.78 is 6.58. The Morgan fingerprint density at radius 2 is 2.10 bits per heavy atom. The van der Waals surface area contributed by atoms with Crippen LogP contribution < -0.4 is 0 Å². The minimum Gasteiger partial charge on any atom is -0.359 e. The molecule has 1 saturated carbocycles. The number of rotatable bonds is 6. The van der Waals surface area contributed by atoms with Gasteiger partial charge in [-0.05, 0) is 69.3 Å². The van der Waals surface area contributed by atoms with E-state index >= 15 is 0 Å². The summed E-state index contributed by atoms with van der Waals surface area (Å²) in [7, 11) is 0. The smallest absolute Gasteiger partial charge is 0.102 e. The summed E-state index contributed by atoms with van der Waals surface area (Å²) in [5.41, 5.74) is 3.16. The molecule has 0 radical (unpaired) electrons. The van der Waals surface area contributed by atoms with Crippen LogP contribution in [0.2, 0.25) is 0 Å². The van der Waals surface area contributed by atoms with Crippen molar-refractivity contribution in [2.45, 2.75) is 64.1 Å². The largest absolute Gasteiger partial charge is 0.359 e. The zero-order chi connectivity index (χ0) is 14.7. The molecule has 0 saturated heterocycles. The molecule has 3 aliphatic rings. The number of nitrogens with zero attached hydrogens (tertiary/aromatic N) is 1. The number of ether oxygens (including phenoxy) is 1. The summed E-state index contributed by atoms with van der Waals surface area (Å²) in [6, 6.07) is 0. The molecule has 0 bridgehead atoms. The van der Waals surface area contributed by atoms with Crippen molar-refractivity contribution in [1.82, 2.24) is 4.90 Å². The van der Waals surface area contributed by atoms with Crippen LogP contribution >= 0.6 is 0 Å². The van der Waals surface area contributed by atoms with E-state index in [0.717, 1.165) is 13.1 Å². The molecular formula is C19H29NO. The number of fused-ring (bicyclic) bond motifs is 2. The van der Waals surface area contributed by atoms with Crippen LogP contribution in [0.15, 0.2) is 35.5 Å². The lowest BCUT2D eigenvalue weighted by molar-refractivity contribution is -0.0358. The fourth-order valence-electron chi connectivity index (χ4n) is 4.23. The van der Waals surface area contributed by atoms with Gasteiger partial charge in [0.2, 0.25) is 0 Å². The third-order valence-corrected chi connectivity index (χ3v) is 5.44. The van der Waals surface area contributed by atoms with Crippen LogP contribution in [0.4, 0.5) is 0 Å². The number of hydrogen-bond acceptors (Lipinski definition) is 2. The van der Waals surface area contributed by atoms with Gasteiger partial charge >= 0.3 is 0 Å². The van der Waals surface area contributed by atoms with Gasteiger partial charge in [-0.15, -0.1) is 0 Å². The Bertz CT molecular complexity index is 458. The van der Waals surface area contributed by atoms with Crippen molar-refractivity contribution >= 4 is 0 Å². The summed E-state index contributed by atoms with van der Waals surface area (Å²) in [5, 5.41) is 0. The second-order valence-corrected chi connectivity index (χ2v) is 6.55. The van der Waals surface area contributed by atoms with Crippen molar-refractivity contribution in [3.63, 3.8) is 0 Å². The minimum atomic E-state index is 0.0599. The predicted molar refractivity (Wildman–Crippen MR) is 88.4 cm³/mol. The van der Waals surface area contributed by atoms with Gasteiger partial charge in [0.05, 0.1) is 5.60 Å². The van der Waals surface area contributed by atoms with Gasteiger partial charge in [0.15, 0.2) is 0 Å². The van der Waals surface area contributed by atoms with Gasteiger partial charge in [-0.3, -0.25) is 0 Å². The van der Waals surface area contributed by atoms with Crippen molar-refractivity contribution < 1.29 is 4.74 Å². The van der Waals surface area contributed by atoms with E-state index in [4.69, 9.17) is 4.74 Å². The maximum atomic E-state index is 6.58. The molecule has 1 aliphatic heterocycles. The summed E-state index contributed by atoms with van der Waals surface area (Å²) in [6.45, 7) is 8.04. The molecule has 0 aromatic carbocycles. The van der Waals surface area contributed by atoms with E-state index in [1.54, 1.807) is 5.57 Å². The van der Waals surface area contributed by atoms with Crippen molar-refractivity contribution in [1.29, 1.82) is 0 Å². The Morgan fingerprint density at radius 3 is 2.90 bits per heavy atom. The minimum absolute atomic E-state index is 0.0599. The lowest BCUT2D eigenvalue weighted by atomic mass is 9.76. The van der Waals surface area contributed by atoms with Gasteiger partial charge < -0.3 is 9.64 Å². The molecule has 116 valence electrons. The monoisotopic (exact) mass is 287 g/mol. The van der Waals surface area contributed by atoms with E-state index in [2.05, 4.69) is 43.1 Å². The molecule has 1 heterocycles. The molecule has 0 aromatic rings. The SMILES string of the molecule is CCN(CC)CCCC12CCCCC1=C1C=CC=CC1O2. The van der Waals surface area contributed by atoms with E-state index in [0.29, 0.717) is 0 Å². The Labute approximate surface area is 129 Å². The van der Waals surface area contributed by atoms with Crippen molar-refractivity contribution in [3.8, 4) is 0 Å². The molecule has 0 aromatic heterocycles. The van der Waals surface area contributed by atoms with Crippen molar-refractivity contribution in [2.75, 3.05) is 19.6 Å². The Morgan fingerprint density at radius 1 is 1.24 bits per heavy atom. The van der Waals surface area contributed by atoms with Crippen LogP contribution in [-0.4, -0.2) is 36.2 Å². The molecule has 0 N–H and O–H groups in total. The fraction of sp³-hybridized carbons (Fsp3) is 0.684.